The van der Waals surface area contributed by atoms with Crippen LogP contribution in [0.25, 0.3) is 0 Å². The first kappa shape index (κ1) is 13.2. The molecule has 2 rings (SSSR count). The van der Waals surface area contributed by atoms with Crippen molar-refractivity contribution in [3.05, 3.63) is 47.3 Å². The van der Waals surface area contributed by atoms with Crippen molar-refractivity contribution in [3.8, 4) is 6.07 Å². The molecule has 5 nitrogen and oxygen atoms in total. The standard InChI is InChI=1S/C13H14FN5/c1-19-9-17-18-13(19)4-5-16-8-11-6-12(14)3-2-10(11)7-15/h2-3,6,9,16H,4-5,8H2,1H3. The van der Waals surface area contributed by atoms with Crippen molar-refractivity contribution in [2.45, 2.75) is 13.0 Å². The number of nitriles is 1. The summed E-state index contributed by atoms with van der Waals surface area (Å²) in [5.74, 6) is 0.552. The van der Waals surface area contributed by atoms with E-state index in [4.69, 9.17) is 5.26 Å². The van der Waals surface area contributed by atoms with Gasteiger partial charge in [-0.2, -0.15) is 5.26 Å². The fourth-order valence-corrected chi connectivity index (χ4v) is 1.77. The Bertz CT molecular complexity index is 599. The topological polar surface area (TPSA) is 66.5 Å². The summed E-state index contributed by atoms with van der Waals surface area (Å²) in [6.07, 6.45) is 2.38. The van der Waals surface area contributed by atoms with Gasteiger partial charge in [-0.1, -0.05) is 0 Å². The molecule has 0 bridgehead atoms. The minimum atomic E-state index is -0.330. The molecule has 1 aromatic heterocycles. The maximum atomic E-state index is 13.1. The molecule has 1 aromatic carbocycles. The second kappa shape index (κ2) is 6.07. The Morgan fingerprint density at radius 3 is 3.00 bits per heavy atom. The molecular weight excluding hydrogens is 245 g/mol. The molecule has 0 aliphatic carbocycles. The van der Waals surface area contributed by atoms with Gasteiger partial charge in [-0.25, -0.2) is 4.39 Å². The third kappa shape index (κ3) is 3.36. The minimum absolute atomic E-state index is 0.330. The van der Waals surface area contributed by atoms with Crippen molar-refractivity contribution >= 4 is 0 Å². The second-order valence-electron chi connectivity index (χ2n) is 4.20. The number of hydrogen-bond acceptors (Lipinski definition) is 4. The van der Waals surface area contributed by atoms with Gasteiger partial charge in [0.2, 0.25) is 0 Å². The molecule has 1 N–H and O–H groups in total. The van der Waals surface area contributed by atoms with Gasteiger partial charge in [-0.05, 0) is 23.8 Å². The first-order valence-electron chi connectivity index (χ1n) is 5.93. The van der Waals surface area contributed by atoms with Gasteiger partial charge in [-0.3, -0.25) is 0 Å². The Morgan fingerprint density at radius 2 is 2.32 bits per heavy atom. The Labute approximate surface area is 110 Å². The fourth-order valence-electron chi connectivity index (χ4n) is 1.77. The summed E-state index contributed by atoms with van der Waals surface area (Å²) < 4.78 is 15.0. The average molecular weight is 259 g/mol. The van der Waals surface area contributed by atoms with Crippen LogP contribution in [0.4, 0.5) is 4.39 Å². The quantitative estimate of drug-likeness (QED) is 0.818. The number of halogens is 1. The van der Waals surface area contributed by atoms with E-state index in [9.17, 15) is 4.39 Å². The van der Waals surface area contributed by atoms with Gasteiger partial charge in [-0.15, -0.1) is 10.2 Å². The first-order chi connectivity index (χ1) is 9.20. The lowest BCUT2D eigenvalue weighted by Gasteiger charge is -2.06. The molecule has 1 heterocycles. The molecule has 0 saturated heterocycles. The average Bonchev–Trinajstić information content (AvgIpc) is 2.80. The van der Waals surface area contributed by atoms with Crippen LogP contribution in [-0.4, -0.2) is 21.3 Å². The summed E-state index contributed by atoms with van der Waals surface area (Å²) in [4.78, 5) is 0. The van der Waals surface area contributed by atoms with Gasteiger partial charge in [0, 0.05) is 26.6 Å². The summed E-state index contributed by atoms with van der Waals surface area (Å²) in [7, 11) is 1.88. The van der Waals surface area contributed by atoms with Crippen LogP contribution in [-0.2, 0) is 20.0 Å². The van der Waals surface area contributed by atoms with Crippen LogP contribution in [0.5, 0.6) is 0 Å². The molecule has 0 radical (unpaired) electrons. The van der Waals surface area contributed by atoms with Crippen molar-refractivity contribution < 1.29 is 4.39 Å². The molecular formula is C13H14FN5. The summed E-state index contributed by atoms with van der Waals surface area (Å²) in [5.41, 5.74) is 1.16. The predicted molar refractivity (Wildman–Crippen MR) is 67.5 cm³/mol. The summed E-state index contributed by atoms with van der Waals surface area (Å²) >= 11 is 0. The molecule has 19 heavy (non-hydrogen) atoms. The molecule has 0 fully saturated rings. The van der Waals surface area contributed by atoms with E-state index in [1.807, 2.05) is 11.6 Å². The highest BCUT2D eigenvalue weighted by molar-refractivity contribution is 5.37. The Hall–Kier alpha value is -2.26. The van der Waals surface area contributed by atoms with E-state index in [2.05, 4.69) is 21.6 Å². The largest absolute Gasteiger partial charge is 0.321 e. The van der Waals surface area contributed by atoms with Crippen molar-refractivity contribution in [3.63, 3.8) is 0 Å². The SMILES string of the molecule is Cn1cnnc1CCNCc1cc(F)ccc1C#N. The number of rotatable bonds is 5. The van der Waals surface area contributed by atoms with Gasteiger partial charge in [0.15, 0.2) is 0 Å². The van der Waals surface area contributed by atoms with E-state index >= 15 is 0 Å². The van der Waals surface area contributed by atoms with Crippen molar-refractivity contribution in [1.82, 2.24) is 20.1 Å². The molecule has 0 aliphatic rings. The first-order valence-corrected chi connectivity index (χ1v) is 5.93. The summed E-state index contributed by atoms with van der Waals surface area (Å²) in [6, 6.07) is 6.22. The maximum Gasteiger partial charge on any atom is 0.133 e. The molecule has 2 aromatic rings. The van der Waals surface area contributed by atoms with Crippen LogP contribution in [0.3, 0.4) is 0 Å². The van der Waals surface area contributed by atoms with Crippen LogP contribution in [0.1, 0.15) is 17.0 Å². The third-order valence-electron chi connectivity index (χ3n) is 2.83. The molecule has 98 valence electrons. The minimum Gasteiger partial charge on any atom is -0.321 e. The summed E-state index contributed by atoms with van der Waals surface area (Å²) in [6.45, 7) is 1.15. The van der Waals surface area contributed by atoms with Crippen LogP contribution >= 0.6 is 0 Å². The lowest BCUT2D eigenvalue weighted by atomic mass is 10.1. The van der Waals surface area contributed by atoms with Crippen molar-refractivity contribution in [2.75, 3.05) is 6.54 Å². The number of aryl methyl sites for hydroxylation is 1. The van der Waals surface area contributed by atoms with Crippen LogP contribution < -0.4 is 5.32 Å². The van der Waals surface area contributed by atoms with E-state index in [-0.39, 0.29) is 5.82 Å². The zero-order valence-electron chi connectivity index (χ0n) is 10.6. The zero-order valence-corrected chi connectivity index (χ0v) is 10.6. The van der Waals surface area contributed by atoms with E-state index in [1.165, 1.54) is 18.2 Å². The van der Waals surface area contributed by atoms with Crippen LogP contribution in [0.15, 0.2) is 24.5 Å². The Balaban J connectivity index is 1.88. The molecule has 0 aliphatic heterocycles. The Kier molecular flexibility index (Phi) is 4.21. The molecule has 0 spiro atoms. The fraction of sp³-hybridized carbons (Fsp3) is 0.308. The van der Waals surface area contributed by atoms with E-state index in [0.29, 0.717) is 24.2 Å². The monoisotopic (exact) mass is 259 g/mol. The number of aromatic nitrogens is 3. The van der Waals surface area contributed by atoms with Crippen molar-refractivity contribution in [1.29, 1.82) is 5.26 Å². The molecule has 0 atom stereocenters. The highest BCUT2D eigenvalue weighted by Crippen LogP contribution is 2.10. The van der Waals surface area contributed by atoms with E-state index in [0.717, 1.165) is 12.2 Å². The maximum absolute atomic E-state index is 13.1. The Morgan fingerprint density at radius 1 is 1.47 bits per heavy atom. The number of benzene rings is 1. The third-order valence-corrected chi connectivity index (χ3v) is 2.83. The normalized spacial score (nSPS) is 10.4. The van der Waals surface area contributed by atoms with Crippen LogP contribution in [0.2, 0.25) is 0 Å². The van der Waals surface area contributed by atoms with E-state index in [1.54, 1.807) is 6.33 Å². The van der Waals surface area contributed by atoms with Gasteiger partial charge < -0.3 is 9.88 Å². The van der Waals surface area contributed by atoms with Gasteiger partial charge in [0.05, 0.1) is 11.6 Å². The van der Waals surface area contributed by atoms with Gasteiger partial charge in [0.1, 0.15) is 18.0 Å². The molecule has 0 amide bonds. The highest BCUT2D eigenvalue weighted by atomic mass is 19.1. The highest BCUT2D eigenvalue weighted by Gasteiger charge is 2.04. The van der Waals surface area contributed by atoms with Crippen LogP contribution in [0, 0.1) is 17.1 Å². The van der Waals surface area contributed by atoms with E-state index < -0.39 is 0 Å². The zero-order chi connectivity index (χ0) is 13.7. The lowest BCUT2D eigenvalue weighted by Crippen LogP contribution is -2.18. The smallest absolute Gasteiger partial charge is 0.133 e. The summed E-state index contributed by atoms with van der Waals surface area (Å²) in [5, 5.41) is 19.9. The van der Waals surface area contributed by atoms with Gasteiger partial charge >= 0.3 is 0 Å². The van der Waals surface area contributed by atoms with Gasteiger partial charge in [0.25, 0.3) is 0 Å². The molecule has 0 unspecified atom stereocenters. The number of nitrogens with zero attached hydrogens (tertiary/aromatic N) is 4. The number of nitrogens with one attached hydrogen (secondary N) is 1. The molecule has 0 saturated carbocycles. The van der Waals surface area contributed by atoms with Crippen molar-refractivity contribution in [2.24, 2.45) is 7.05 Å². The molecule has 6 heteroatoms. The predicted octanol–water partition coefficient (Wildman–Crippen LogP) is 1.16. The number of hydrogen-bond donors (Lipinski definition) is 1. The second-order valence-corrected chi connectivity index (χ2v) is 4.20. The lowest BCUT2D eigenvalue weighted by molar-refractivity contribution is 0.616.